The van der Waals surface area contributed by atoms with Gasteiger partial charge in [-0.25, -0.2) is 4.98 Å². The van der Waals surface area contributed by atoms with Crippen LogP contribution in [0.1, 0.15) is 50.0 Å². The molecule has 0 bridgehead atoms. The Morgan fingerprint density at radius 2 is 2.25 bits per heavy atom. The summed E-state index contributed by atoms with van der Waals surface area (Å²) >= 11 is 0. The van der Waals surface area contributed by atoms with Crippen molar-refractivity contribution in [3.05, 3.63) is 23.9 Å². The standard InChI is InChI=1S/C16H25N3O/c1-3-10-17-15-8-4-7-14(18-15)16(20)19-11-5-6-13(2)9-12-19/h4,7-8,13H,3,5-6,9-12H2,1-2H3,(H,17,18). The van der Waals surface area contributed by atoms with E-state index in [0.29, 0.717) is 5.69 Å². The highest BCUT2D eigenvalue weighted by Crippen LogP contribution is 2.18. The summed E-state index contributed by atoms with van der Waals surface area (Å²) in [6.07, 6.45) is 4.46. The van der Waals surface area contributed by atoms with Crippen LogP contribution in [0.5, 0.6) is 0 Å². The van der Waals surface area contributed by atoms with Crippen LogP contribution in [0.3, 0.4) is 0 Å². The number of amides is 1. The van der Waals surface area contributed by atoms with E-state index in [1.165, 1.54) is 6.42 Å². The highest BCUT2D eigenvalue weighted by molar-refractivity contribution is 5.92. The van der Waals surface area contributed by atoms with Crippen molar-refractivity contribution < 1.29 is 4.79 Å². The van der Waals surface area contributed by atoms with Gasteiger partial charge in [-0.05, 0) is 43.7 Å². The van der Waals surface area contributed by atoms with Crippen molar-refractivity contribution in [1.29, 1.82) is 0 Å². The van der Waals surface area contributed by atoms with Crippen molar-refractivity contribution >= 4 is 11.7 Å². The van der Waals surface area contributed by atoms with Crippen LogP contribution in [0.15, 0.2) is 18.2 Å². The average molecular weight is 275 g/mol. The highest BCUT2D eigenvalue weighted by Gasteiger charge is 2.20. The molecule has 1 aliphatic heterocycles. The molecule has 0 spiro atoms. The molecule has 1 fully saturated rings. The summed E-state index contributed by atoms with van der Waals surface area (Å²) in [6, 6.07) is 5.63. The lowest BCUT2D eigenvalue weighted by Crippen LogP contribution is -2.32. The maximum Gasteiger partial charge on any atom is 0.272 e. The van der Waals surface area contributed by atoms with E-state index in [9.17, 15) is 4.79 Å². The maximum absolute atomic E-state index is 12.5. The molecule has 0 aromatic carbocycles. The van der Waals surface area contributed by atoms with Crippen LogP contribution in [-0.2, 0) is 0 Å². The fourth-order valence-corrected chi connectivity index (χ4v) is 2.53. The van der Waals surface area contributed by atoms with Crippen molar-refractivity contribution in [2.24, 2.45) is 5.92 Å². The largest absolute Gasteiger partial charge is 0.370 e. The first-order valence-electron chi connectivity index (χ1n) is 7.71. The number of carbonyl (C=O) groups excluding carboxylic acids is 1. The number of pyridine rings is 1. The summed E-state index contributed by atoms with van der Waals surface area (Å²) in [5.74, 6) is 1.58. The first-order chi connectivity index (χ1) is 9.70. The topological polar surface area (TPSA) is 45.2 Å². The third-order valence-corrected chi connectivity index (χ3v) is 3.83. The van der Waals surface area contributed by atoms with E-state index in [2.05, 4.69) is 24.1 Å². The lowest BCUT2D eigenvalue weighted by molar-refractivity contribution is 0.0754. The Labute approximate surface area is 121 Å². The number of nitrogens with zero attached hydrogens (tertiary/aromatic N) is 2. The SMILES string of the molecule is CCCNc1cccc(C(=O)N2CCCC(C)CC2)n1. The van der Waals surface area contributed by atoms with Crippen LogP contribution in [0, 0.1) is 5.92 Å². The van der Waals surface area contributed by atoms with Gasteiger partial charge in [0, 0.05) is 19.6 Å². The van der Waals surface area contributed by atoms with Crippen LogP contribution in [0.4, 0.5) is 5.82 Å². The Kier molecular flexibility index (Phi) is 5.39. The van der Waals surface area contributed by atoms with E-state index in [0.717, 1.165) is 50.6 Å². The quantitative estimate of drug-likeness (QED) is 0.918. The summed E-state index contributed by atoms with van der Waals surface area (Å²) in [5, 5.41) is 3.23. The van der Waals surface area contributed by atoms with E-state index in [4.69, 9.17) is 0 Å². The number of aromatic nitrogens is 1. The van der Waals surface area contributed by atoms with Gasteiger partial charge >= 0.3 is 0 Å². The number of anilines is 1. The number of carbonyl (C=O) groups is 1. The Bertz CT molecular complexity index is 447. The minimum absolute atomic E-state index is 0.0687. The molecule has 1 aromatic rings. The van der Waals surface area contributed by atoms with Gasteiger partial charge in [-0.1, -0.05) is 19.9 Å². The zero-order valence-corrected chi connectivity index (χ0v) is 12.6. The Balaban J connectivity index is 2.04. The molecule has 2 heterocycles. The molecule has 1 aromatic heterocycles. The molecule has 2 rings (SSSR count). The summed E-state index contributed by atoms with van der Waals surface area (Å²) in [4.78, 5) is 18.9. The summed E-state index contributed by atoms with van der Waals surface area (Å²) in [7, 11) is 0. The van der Waals surface area contributed by atoms with Crippen LogP contribution >= 0.6 is 0 Å². The first-order valence-corrected chi connectivity index (χ1v) is 7.71. The Hall–Kier alpha value is -1.58. The summed E-state index contributed by atoms with van der Waals surface area (Å²) in [5.41, 5.74) is 0.556. The van der Waals surface area contributed by atoms with Crippen LogP contribution in [0.2, 0.25) is 0 Å². The number of hydrogen-bond donors (Lipinski definition) is 1. The lowest BCUT2D eigenvalue weighted by atomic mass is 10.0. The fraction of sp³-hybridized carbons (Fsp3) is 0.625. The number of hydrogen-bond acceptors (Lipinski definition) is 3. The van der Waals surface area contributed by atoms with Gasteiger partial charge in [-0.2, -0.15) is 0 Å². The second-order valence-electron chi connectivity index (χ2n) is 5.66. The van der Waals surface area contributed by atoms with Crippen molar-refractivity contribution in [2.45, 2.75) is 39.5 Å². The molecular weight excluding hydrogens is 250 g/mol. The third kappa shape index (κ3) is 3.95. The lowest BCUT2D eigenvalue weighted by Gasteiger charge is -2.20. The second kappa shape index (κ2) is 7.27. The van der Waals surface area contributed by atoms with Crippen molar-refractivity contribution in [3.8, 4) is 0 Å². The van der Waals surface area contributed by atoms with Crippen molar-refractivity contribution in [2.75, 3.05) is 25.0 Å². The Morgan fingerprint density at radius 1 is 1.40 bits per heavy atom. The molecule has 1 saturated heterocycles. The molecule has 1 N–H and O–H groups in total. The molecular formula is C16H25N3O. The van der Waals surface area contributed by atoms with E-state index in [-0.39, 0.29) is 5.91 Å². The Morgan fingerprint density at radius 3 is 3.05 bits per heavy atom. The number of rotatable bonds is 4. The predicted molar refractivity (Wildman–Crippen MR) is 81.9 cm³/mol. The minimum Gasteiger partial charge on any atom is -0.370 e. The number of nitrogens with one attached hydrogen (secondary N) is 1. The summed E-state index contributed by atoms with van der Waals surface area (Å²) < 4.78 is 0. The number of likely N-dealkylation sites (tertiary alicyclic amines) is 1. The van der Waals surface area contributed by atoms with Gasteiger partial charge in [0.25, 0.3) is 5.91 Å². The second-order valence-corrected chi connectivity index (χ2v) is 5.66. The van der Waals surface area contributed by atoms with Gasteiger partial charge in [0.1, 0.15) is 11.5 Å². The molecule has 1 aliphatic rings. The molecule has 4 heteroatoms. The predicted octanol–water partition coefficient (Wildman–Crippen LogP) is 3.17. The highest BCUT2D eigenvalue weighted by atomic mass is 16.2. The average Bonchev–Trinajstić information content (AvgIpc) is 2.69. The molecule has 1 atom stereocenters. The summed E-state index contributed by atoms with van der Waals surface area (Å²) in [6.45, 7) is 6.97. The van der Waals surface area contributed by atoms with Gasteiger partial charge in [0.05, 0.1) is 0 Å². The molecule has 0 radical (unpaired) electrons. The van der Waals surface area contributed by atoms with Gasteiger partial charge in [0.2, 0.25) is 0 Å². The molecule has 0 saturated carbocycles. The van der Waals surface area contributed by atoms with Crippen LogP contribution in [-0.4, -0.2) is 35.4 Å². The van der Waals surface area contributed by atoms with Gasteiger partial charge in [-0.15, -0.1) is 0 Å². The molecule has 1 amide bonds. The van der Waals surface area contributed by atoms with Crippen LogP contribution in [0.25, 0.3) is 0 Å². The minimum atomic E-state index is 0.0687. The normalized spacial score (nSPS) is 19.5. The zero-order valence-electron chi connectivity index (χ0n) is 12.6. The maximum atomic E-state index is 12.5. The van der Waals surface area contributed by atoms with Gasteiger partial charge in [-0.3, -0.25) is 4.79 Å². The van der Waals surface area contributed by atoms with E-state index >= 15 is 0 Å². The monoisotopic (exact) mass is 275 g/mol. The van der Waals surface area contributed by atoms with E-state index in [1.807, 2.05) is 23.1 Å². The smallest absolute Gasteiger partial charge is 0.272 e. The van der Waals surface area contributed by atoms with E-state index in [1.54, 1.807) is 0 Å². The van der Waals surface area contributed by atoms with Crippen molar-refractivity contribution in [3.63, 3.8) is 0 Å². The molecule has 20 heavy (non-hydrogen) atoms. The molecule has 0 aliphatic carbocycles. The molecule has 110 valence electrons. The molecule has 4 nitrogen and oxygen atoms in total. The van der Waals surface area contributed by atoms with Gasteiger partial charge < -0.3 is 10.2 Å². The molecule has 1 unspecified atom stereocenters. The van der Waals surface area contributed by atoms with Crippen LogP contribution < -0.4 is 5.32 Å². The third-order valence-electron chi connectivity index (χ3n) is 3.83. The zero-order chi connectivity index (χ0) is 14.4. The van der Waals surface area contributed by atoms with Gasteiger partial charge in [0.15, 0.2) is 0 Å². The van der Waals surface area contributed by atoms with Crippen molar-refractivity contribution in [1.82, 2.24) is 9.88 Å². The first kappa shape index (κ1) is 14.8. The van der Waals surface area contributed by atoms with E-state index < -0.39 is 0 Å². The fourth-order valence-electron chi connectivity index (χ4n) is 2.53.